The summed E-state index contributed by atoms with van der Waals surface area (Å²) in [5, 5.41) is 0. The maximum absolute atomic E-state index is 12.7. The van der Waals surface area contributed by atoms with E-state index in [4.69, 9.17) is 4.74 Å². The zero-order chi connectivity index (χ0) is 16.1. The zero-order valence-electron chi connectivity index (χ0n) is 13.6. The largest absolute Gasteiger partial charge is 0.377 e. The van der Waals surface area contributed by atoms with Crippen LogP contribution in [0, 0.1) is 5.92 Å². The number of morpholine rings is 1. The van der Waals surface area contributed by atoms with E-state index in [2.05, 4.69) is 30.7 Å². The minimum atomic E-state index is -0.457. The van der Waals surface area contributed by atoms with Crippen molar-refractivity contribution in [2.45, 2.75) is 46.1 Å². The van der Waals surface area contributed by atoms with Gasteiger partial charge < -0.3 is 14.6 Å². The molecule has 0 spiro atoms. The first-order chi connectivity index (χ1) is 10.5. The topological polar surface area (TPSA) is 75.3 Å². The lowest BCUT2D eigenvalue weighted by molar-refractivity contribution is -0.00467. The van der Waals surface area contributed by atoms with Crippen molar-refractivity contribution in [1.82, 2.24) is 14.9 Å². The van der Waals surface area contributed by atoms with Crippen LogP contribution in [0.3, 0.4) is 0 Å². The van der Waals surface area contributed by atoms with Gasteiger partial charge in [0.15, 0.2) is 0 Å². The summed E-state index contributed by atoms with van der Waals surface area (Å²) < 4.78 is 5.47. The highest BCUT2D eigenvalue weighted by Crippen LogP contribution is 2.15. The third-order valence-corrected chi connectivity index (χ3v) is 3.76. The fraction of sp³-hybridized carbons (Fsp3) is 0.688. The lowest BCUT2D eigenvalue weighted by Gasteiger charge is -2.35. The van der Waals surface area contributed by atoms with Gasteiger partial charge in [0.1, 0.15) is 5.69 Å². The van der Waals surface area contributed by atoms with Crippen molar-refractivity contribution < 1.29 is 9.53 Å². The summed E-state index contributed by atoms with van der Waals surface area (Å²) in [6, 6.07) is 1.78. The van der Waals surface area contributed by atoms with Gasteiger partial charge in [0.05, 0.1) is 19.3 Å². The van der Waals surface area contributed by atoms with Gasteiger partial charge in [-0.05, 0) is 24.8 Å². The van der Waals surface area contributed by atoms with Gasteiger partial charge in [-0.15, -0.1) is 0 Å². The van der Waals surface area contributed by atoms with Gasteiger partial charge in [0, 0.05) is 12.2 Å². The second-order valence-corrected chi connectivity index (χ2v) is 6.21. The van der Waals surface area contributed by atoms with Gasteiger partial charge in [0.25, 0.3) is 5.91 Å². The molecule has 0 saturated carbocycles. The maximum atomic E-state index is 12.7. The summed E-state index contributed by atoms with van der Waals surface area (Å²) in [7, 11) is 0. The minimum absolute atomic E-state index is 0.0703. The zero-order valence-corrected chi connectivity index (χ0v) is 13.6. The predicted octanol–water partition coefficient (Wildman–Crippen LogP) is 1.61. The molecule has 1 N–H and O–H groups in total. The summed E-state index contributed by atoms with van der Waals surface area (Å²) >= 11 is 0. The number of nitrogens with zero attached hydrogens (tertiary/aromatic N) is 2. The van der Waals surface area contributed by atoms with E-state index in [1.807, 2.05) is 0 Å². The molecule has 0 radical (unpaired) electrons. The summed E-state index contributed by atoms with van der Waals surface area (Å²) in [5.74, 6) is 0.232. The summed E-state index contributed by atoms with van der Waals surface area (Å²) in [6.07, 6.45) is 2.60. The normalized spacial score (nSPS) is 18.7. The SMILES string of the molecule is CCCC1COCCN1C(=O)c1cc(CC(C)C)[nH]c(=O)n1. The second kappa shape index (κ2) is 7.54. The molecule has 1 aromatic heterocycles. The summed E-state index contributed by atoms with van der Waals surface area (Å²) in [5.41, 5.74) is 0.544. The van der Waals surface area contributed by atoms with Crippen LogP contribution < -0.4 is 5.69 Å². The smallest absolute Gasteiger partial charge is 0.345 e. The molecule has 2 heterocycles. The molecular weight excluding hydrogens is 282 g/mol. The van der Waals surface area contributed by atoms with Crippen LogP contribution in [0.1, 0.15) is 49.8 Å². The molecule has 2 rings (SSSR count). The van der Waals surface area contributed by atoms with Crippen LogP contribution in [0.2, 0.25) is 0 Å². The summed E-state index contributed by atoms with van der Waals surface area (Å²) in [6.45, 7) is 7.87. The highest BCUT2D eigenvalue weighted by molar-refractivity contribution is 5.92. The van der Waals surface area contributed by atoms with Crippen LogP contribution in [0.4, 0.5) is 0 Å². The van der Waals surface area contributed by atoms with E-state index in [-0.39, 0.29) is 17.6 Å². The maximum Gasteiger partial charge on any atom is 0.345 e. The molecule has 1 atom stereocenters. The summed E-state index contributed by atoms with van der Waals surface area (Å²) in [4.78, 5) is 32.8. The predicted molar refractivity (Wildman–Crippen MR) is 84.0 cm³/mol. The molecule has 6 nitrogen and oxygen atoms in total. The van der Waals surface area contributed by atoms with E-state index < -0.39 is 5.69 Å². The average molecular weight is 307 g/mol. The number of hydrogen-bond acceptors (Lipinski definition) is 4. The van der Waals surface area contributed by atoms with Crippen molar-refractivity contribution >= 4 is 5.91 Å². The van der Waals surface area contributed by atoms with Crippen molar-refractivity contribution in [2.24, 2.45) is 5.92 Å². The van der Waals surface area contributed by atoms with Gasteiger partial charge >= 0.3 is 5.69 Å². The third-order valence-electron chi connectivity index (χ3n) is 3.76. The molecular formula is C16H25N3O3. The van der Waals surface area contributed by atoms with E-state index >= 15 is 0 Å². The Kier molecular flexibility index (Phi) is 5.71. The Morgan fingerprint density at radius 1 is 1.55 bits per heavy atom. The molecule has 1 aliphatic heterocycles. The molecule has 1 saturated heterocycles. The van der Waals surface area contributed by atoms with E-state index in [9.17, 15) is 9.59 Å². The van der Waals surface area contributed by atoms with Crippen molar-refractivity contribution in [1.29, 1.82) is 0 Å². The minimum Gasteiger partial charge on any atom is -0.377 e. The lowest BCUT2D eigenvalue weighted by Crippen LogP contribution is -2.49. The van der Waals surface area contributed by atoms with E-state index in [0.29, 0.717) is 25.7 Å². The quantitative estimate of drug-likeness (QED) is 0.896. The van der Waals surface area contributed by atoms with Crippen LogP contribution in [-0.4, -0.2) is 46.6 Å². The number of aromatic amines is 1. The van der Waals surface area contributed by atoms with Gasteiger partial charge in [0.2, 0.25) is 0 Å². The first kappa shape index (κ1) is 16.7. The standard InChI is InChI=1S/C16H25N3O3/c1-4-5-13-10-22-7-6-19(13)15(20)14-9-12(8-11(2)3)17-16(21)18-14/h9,11,13H,4-8,10H2,1-3H3,(H,17,18,21). The average Bonchev–Trinajstić information content (AvgIpc) is 2.46. The number of nitrogens with one attached hydrogen (secondary N) is 1. The number of H-pyrrole nitrogens is 1. The number of aromatic nitrogens is 2. The molecule has 1 aromatic rings. The van der Waals surface area contributed by atoms with Crippen molar-refractivity contribution in [3.05, 3.63) is 27.9 Å². The molecule has 1 amide bonds. The van der Waals surface area contributed by atoms with Crippen molar-refractivity contribution in [3.8, 4) is 0 Å². The van der Waals surface area contributed by atoms with E-state index in [0.717, 1.165) is 25.0 Å². The van der Waals surface area contributed by atoms with Crippen molar-refractivity contribution in [3.63, 3.8) is 0 Å². The number of ether oxygens (including phenoxy) is 1. The highest BCUT2D eigenvalue weighted by atomic mass is 16.5. The van der Waals surface area contributed by atoms with Gasteiger partial charge in [-0.1, -0.05) is 27.2 Å². The van der Waals surface area contributed by atoms with Crippen LogP contribution >= 0.6 is 0 Å². The Labute approximate surface area is 130 Å². The fourth-order valence-electron chi connectivity index (χ4n) is 2.81. The lowest BCUT2D eigenvalue weighted by atomic mass is 10.1. The number of carbonyl (C=O) groups is 1. The Morgan fingerprint density at radius 2 is 2.32 bits per heavy atom. The Morgan fingerprint density at radius 3 is 3.00 bits per heavy atom. The Bertz CT molecular complexity index is 566. The van der Waals surface area contributed by atoms with Crippen LogP contribution in [0.25, 0.3) is 0 Å². The highest BCUT2D eigenvalue weighted by Gasteiger charge is 2.28. The third kappa shape index (κ3) is 4.16. The van der Waals surface area contributed by atoms with Gasteiger partial charge in [-0.2, -0.15) is 4.98 Å². The number of hydrogen-bond donors (Lipinski definition) is 1. The Hall–Kier alpha value is -1.69. The molecule has 1 fully saturated rings. The van der Waals surface area contributed by atoms with Crippen LogP contribution in [-0.2, 0) is 11.2 Å². The second-order valence-electron chi connectivity index (χ2n) is 6.21. The Balaban J connectivity index is 2.23. The first-order valence-corrected chi connectivity index (χ1v) is 8.00. The van der Waals surface area contributed by atoms with Gasteiger partial charge in [-0.25, -0.2) is 4.79 Å². The fourth-order valence-corrected chi connectivity index (χ4v) is 2.81. The molecule has 1 unspecified atom stereocenters. The number of rotatable bonds is 5. The monoisotopic (exact) mass is 307 g/mol. The number of amides is 1. The van der Waals surface area contributed by atoms with Crippen LogP contribution in [0.15, 0.2) is 10.9 Å². The number of carbonyl (C=O) groups excluding carboxylic acids is 1. The molecule has 0 aromatic carbocycles. The first-order valence-electron chi connectivity index (χ1n) is 8.00. The van der Waals surface area contributed by atoms with E-state index in [1.165, 1.54) is 0 Å². The van der Waals surface area contributed by atoms with E-state index in [1.54, 1.807) is 11.0 Å². The van der Waals surface area contributed by atoms with Crippen LogP contribution in [0.5, 0.6) is 0 Å². The van der Waals surface area contributed by atoms with Gasteiger partial charge in [-0.3, -0.25) is 4.79 Å². The molecule has 22 heavy (non-hydrogen) atoms. The molecule has 122 valence electrons. The molecule has 1 aliphatic rings. The molecule has 0 bridgehead atoms. The molecule has 6 heteroatoms. The van der Waals surface area contributed by atoms with Crippen molar-refractivity contribution in [2.75, 3.05) is 19.8 Å². The molecule has 0 aliphatic carbocycles.